The summed E-state index contributed by atoms with van der Waals surface area (Å²) in [5.41, 5.74) is 2.20. The van der Waals surface area contributed by atoms with Gasteiger partial charge in [0, 0.05) is 11.5 Å². The van der Waals surface area contributed by atoms with Gasteiger partial charge in [0.2, 0.25) is 0 Å². The van der Waals surface area contributed by atoms with Crippen LogP contribution >= 0.6 is 0 Å². The molecule has 7 heteroatoms. The zero-order chi connectivity index (χ0) is 19.8. The van der Waals surface area contributed by atoms with Crippen molar-refractivity contribution in [3.8, 4) is 16.8 Å². The molecule has 0 aliphatic heterocycles. The fourth-order valence-corrected chi connectivity index (χ4v) is 3.31. The third-order valence-electron chi connectivity index (χ3n) is 4.81. The molecule has 0 bridgehead atoms. The van der Waals surface area contributed by atoms with E-state index in [0.29, 0.717) is 16.8 Å². The molecule has 6 nitrogen and oxygen atoms in total. The third-order valence-corrected chi connectivity index (χ3v) is 4.81. The molecular formula is C21H17FN2O4. The van der Waals surface area contributed by atoms with Gasteiger partial charge in [-0.1, -0.05) is 24.3 Å². The number of esters is 1. The highest BCUT2D eigenvalue weighted by atomic mass is 19.1. The summed E-state index contributed by atoms with van der Waals surface area (Å²) < 4.78 is 21.2. The minimum Gasteiger partial charge on any atom is -0.478 e. The van der Waals surface area contributed by atoms with E-state index in [1.165, 1.54) is 31.5 Å². The Kier molecular flexibility index (Phi) is 4.43. The second-order valence-corrected chi connectivity index (χ2v) is 6.64. The van der Waals surface area contributed by atoms with Crippen molar-refractivity contribution in [1.29, 1.82) is 0 Å². The molecule has 0 unspecified atom stereocenters. The minimum atomic E-state index is -1.32. The van der Waals surface area contributed by atoms with Gasteiger partial charge in [-0.3, -0.25) is 0 Å². The Bertz CT molecular complexity index is 1090. The van der Waals surface area contributed by atoms with E-state index in [0.717, 1.165) is 18.5 Å². The number of aromatic nitrogens is 2. The normalized spacial score (nSPS) is 13.4. The topological polar surface area (TPSA) is 81.4 Å². The van der Waals surface area contributed by atoms with Gasteiger partial charge in [-0.05, 0) is 36.6 Å². The van der Waals surface area contributed by atoms with Crippen LogP contribution in [-0.2, 0) is 4.74 Å². The van der Waals surface area contributed by atoms with E-state index in [9.17, 15) is 14.0 Å². The minimum absolute atomic E-state index is 0.190. The lowest BCUT2D eigenvalue weighted by Gasteiger charge is -2.11. The first-order chi connectivity index (χ1) is 13.5. The molecule has 1 aliphatic rings. The van der Waals surface area contributed by atoms with Crippen molar-refractivity contribution in [3.05, 3.63) is 71.3 Å². The maximum Gasteiger partial charge on any atom is 0.341 e. The second kappa shape index (κ2) is 6.92. The molecule has 1 fully saturated rings. The zero-order valence-corrected chi connectivity index (χ0v) is 15.1. The van der Waals surface area contributed by atoms with Crippen LogP contribution in [0.2, 0.25) is 0 Å². The number of aromatic carboxylic acids is 1. The highest BCUT2D eigenvalue weighted by molar-refractivity contribution is 5.91. The van der Waals surface area contributed by atoms with Crippen LogP contribution in [0, 0.1) is 5.82 Å². The molecule has 28 heavy (non-hydrogen) atoms. The van der Waals surface area contributed by atoms with Gasteiger partial charge in [0.25, 0.3) is 0 Å². The Morgan fingerprint density at radius 3 is 2.61 bits per heavy atom. The molecule has 0 radical (unpaired) electrons. The number of carboxylic acid groups (broad SMARTS) is 1. The summed E-state index contributed by atoms with van der Waals surface area (Å²) in [7, 11) is 1.33. The van der Waals surface area contributed by atoms with Crippen LogP contribution in [0.1, 0.15) is 45.2 Å². The summed E-state index contributed by atoms with van der Waals surface area (Å²) in [6, 6.07) is 11.3. The van der Waals surface area contributed by atoms with Gasteiger partial charge in [-0.15, -0.1) is 0 Å². The van der Waals surface area contributed by atoms with E-state index in [1.54, 1.807) is 22.9 Å². The number of carbonyl (C=O) groups is 2. The molecular weight excluding hydrogens is 363 g/mol. The lowest BCUT2D eigenvalue weighted by Crippen LogP contribution is -2.07. The van der Waals surface area contributed by atoms with Gasteiger partial charge in [-0.2, -0.15) is 5.10 Å². The van der Waals surface area contributed by atoms with E-state index in [-0.39, 0.29) is 17.0 Å². The molecule has 3 aromatic rings. The number of halogens is 1. The second-order valence-electron chi connectivity index (χ2n) is 6.64. The van der Waals surface area contributed by atoms with E-state index in [2.05, 4.69) is 5.10 Å². The first-order valence-corrected chi connectivity index (χ1v) is 8.80. The summed E-state index contributed by atoms with van der Waals surface area (Å²) in [5, 5.41) is 13.5. The van der Waals surface area contributed by atoms with Gasteiger partial charge in [0.1, 0.15) is 11.4 Å². The standard InChI is InChI=1S/C21H17FN2O4/c1-28-21(27)17-11-23-24(19(17)12-8-9-12)14-5-2-4-13(10-14)15-6-3-7-16(18(15)22)20(25)26/h2-7,10-12H,8-9H2,1H3,(H,25,26). The monoisotopic (exact) mass is 380 g/mol. The average molecular weight is 380 g/mol. The van der Waals surface area contributed by atoms with Crippen molar-refractivity contribution >= 4 is 11.9 Å². The van der Waals surface area contributed by atoms with Crippen LogP contribution in [0.5, 0.6) is 0 Å². The quantitative estimate of drug-likeness (QED) is 0.676. The molecule has 1 aliphatic carbocycles. The van der Waals surface area contributed by atoms with E-state index in [1.807, 2.05) is 6.07 Å². The smallest absolute Gasteiger partial charge is 0.341 e. The Morgan fingerprint density at radius 2 is 1.93 bits per heavy atom. The number of carbonyl (C=O) groups excluding carboxylic acids is 1. The summed E-state index contributed by atoms with van der Waals surface area (Å²) >= 11 is 0. The zero-order valence-electron chi connectivity index (χ0n) is 15.1. The van der Waals surface area contributed by atoms with Crippen molar-refractivity contribution in [1.82, 2.24) is 9.78 Å². The van der Waals surface area contributed by atoms with Crippen molar-refractivity contribution in [2.24, 2.45) is 0 Å². The molecule has 1 saturated carbocycles. The SMILES string of the molecule is COC(=O)c1cnn(-c2cccc(-c3cccc(C(=O)O)c3F)c2)c1C1CC1. The van der Waals surface area contributed by atoms with Crippen LogP contribution in [-0.4, -0.2) is 33.9 Å². The van der Waals surface area contributed by atoms with Crippen LogP contribution < -0.4 is 0 Å². The van der Waals surface area contributed by atoms with Crippen LogP contribution in [0.4, 0.5) is 4.39 Å². The van der Waals surface area contributed by atoms with Crippen molar-refractivity contribution < 1.29 is 23.8 Å². The molecule has 2 aromatic carbocycles. The molecule has 0 saturated heterocycles. The number of benzene rings is 2. The number of nitrogens with zero attached hydrogens (tertiary/aromatic N) is 2. The fourth-order valence-electron chi connectivity index (χ4n) is 3.31. The van der Waals surface area contributed by atoms with Crippen LogP contribution in [0.15, 0.2) is 48.7 Å². The lowest BCUT2D eigenvalue weighted by molar-refractivity contribution is 0.0598. The number of carboxylic acids is 1. The van der Waals surface area contributed by atoms with E-state index < -0.39 is 17.8 Å². The molecule has 1 aromatic heterocycles. The lowest BCUT2D eigenvalue weighted by atomic mass is 10.0. The van der Waals surface area contributed by atoms with E-state index in [4.69, 9.17) is 9.84 Å². The highest BCUT2D eigenvalue weighted by Gasteiger charge is 2.33. The molecule has 142 valence electrons. The average Bonchev–Trinajstić information content (AvgIpc) is 3.45. The highest BCUT2D eigenvalue weighted by Crippen LogP contribution is 2.42. The summed E-state index contributed by atoms with van der Waals surface area (Å²) in [4.78, 5) is 23.3. The molecule has 1 heterocycles. The summed E-state index contributed by atoms with van der Waals surface area (Å²) in [6.07, 6.45) is 3.41. The Hall–Kier alpha value is -3.48. The molecule has 0 amide bonds. The van der Waals surface area contributed by atoms with Crippen LogP contribution in [0.25, 0.3) is 16.8 Å². The predicted octanol–water partition coefficient (Wildman–Crippen LogP) is 4.04. The van der Waals surface area contributed by atoms with Gasteiger partial charge >= 0.3 is 11.9 Å². The third kappa shape index (κ3) is 3.05. The van der Waals surface area contributed by atoms with E-state index >= 15 is 0 Å². The number of ether oxygens (including phenoxy) is 1. The summed E-state index contributed by atoms with van der Waals surface area (Å²) in [6.45, 7) is 0. The Morgan fingerprint density at radius 1 is 1.18 bits per heavy atom. The number of methoxy groups -OCH3 is 1. The molecule has 1 N–H and O–H groups in total. The molecule has 0 atom stereocenters. The summed E-state index contributed by atoms with van der Waals surface area (Å²) in [5.74, 6) is -2.32. The Balaban J connectivity index is 1.81. The maximum atomic E-state index is 14.7. The van der Waals surface area contributed by atoms with Crippen molar-refractivity contribution in [2.45, 2.75) is 18.8 Å². The van der Waals surface area contributed by atoms with Gasteiger partial charge in [0.05, 0.1) is 30.3 Å². The fraction of sp³-hybridized carbons (Fsp3) is 0.190. The predicted molar refractivity (Wildman–Crippen MR) is 99.2 cm³/mol. The number of hydrogen-bond acceptors (Lipinski definition) is 4. The van der Waals surface area contributed by atoms with Crippen molar-refractivity contribution in [2.75, 3.05) is 7.11 Å². The largest absolute Gasteiger partial charge is 0.478 e. The van der Waals surface area contributed by atoms with Gasteiger partial charge in [0.15, 0.2) is 0 Å². The first-order valence-electron chi connectivity index (χ1n) is 8.80. The maximum absolute atomic E-state index is 14.7. The number of hydrogen-bond donors (Lipinski definition) is 1. The first kappa shape index (κ1) is 17.9. The molecule has 0 spiro atoms. The number of rotatable bonds is 5. The van der Waals surface area contributed by atoms with Crippen molar-refractivity contribution in [3.63, 3.8) is 0 Å². The molecule has 4 rings (SSSR count). The Labute approximate surface area is 160 Å². The van der Waals surface area contributed by atoms with Gasteiger partial charge in [-0.25, -0.2) is 18.7 Å². The van der Waals surface area contributed by atoms with Gasteiger partial charge < -0.3 is 9.84 Å². The van der Waals surface area contributed by atoms with Crippen LogP contribution in [0.3, 0.4) is 0 Å².